The van der Waals surface area contributed by atoms with Gasteiger partial charge in [-0.3, -0.25) is 9.59 Å². The Labute approximate surface area is 132 Å². The van der Waals surface area contributed by atoms with E-state index in [0.717, 1.165) is 30.6 Å². The highest BCUT2D eigenvalue weighted by atomic mass is 16.5. The molecule has 0 aliphatic rings. The maximum atomic E-state index is 12.0. The number of unbranched alkanes of at least 4 members (excludes halogenated alkanes) is 2. The molecule has 5 nitrogen and oxygen atoms in total. The highest BCUT2D eigenvalue weighted by molar-refractivity contribution is 5.78. The molecule has 22 heavy (non-hydrogen) atoms. The third kappa shape index (κ3) is 6.16. The monoisotopic (exact) mass is 307 g/mol. The van der Waals surface area contributed by atoms with E-state index in [4.69, 9.17) is 9.47 Å². The van der Waals surface area contributed by atoms with Crippen LogP contribution in [0.25, 0.3) is 0 Å². The van der Waals surface area contributed by atoms with Gasteiger partial charge in [0.2, 0.25) is 5.91 Å². The molecular formula is C17H25NO4. The number of esters is 1. The molecular weight excluding hydrogens is 282 g/mol. The Morgan fingerprint density at radius 3 is 2.36 bits per heavy atom. The van der Waals surface area contributed by atoms with Gasteiger partial charge < -0.3 is 14.8 Å². The minimum atomic E-state index is -0.382. The number of nitrogens with one attached hydrogen (secondary N) is 1. The van der Waals surface area contributed by atoms with E-state index in [9.17, 15) is 9.59 Å². The average Bonchev–Trinajstić information content (AvgIpc) is 2.54. The molecule has 0 aliphatic carbocycles. The van der Waals surface area contributed by atoms with Crippen molar-refractivity contribution >= 4 is 11.9 Å². The molecule has 0 radical (unpaired) electrons. The zero-order valence-corrected chi connectivity index (χ0v) is 13.6. The zero-order valence-electron chi connectivity index (χ0n) is 13.6. The van der Waals surface area contributed by atoms with E-state index in [1.165, 1.54) is 7.11 Å². The van der Waals surface area contributed by atoms with Gasteiger partial charge in [-0.15, -0.1) is 0 Å². The molecule has 1 aromatic rings. The Bertz CT molecular complexity index is 470. The van der Waals surface area contributed by atoms with Crippen LogP contribution in [0.2, 0.25) is 0 Å². The summed E-state index contributed by atoms with van der Waals surface area (Å²) < 4.78 is 9.83. The van der Waals surface area contributed by atoms with E-state index in [1.807, 2.05) is 24.3 Å². The van der Waals surface area contributed by atoms with Crippen LogP contribution in [0.3, 0.4) is 0 Å². The minimum Gasteiger partial charge on any atom is -0.497 e. The fourth-order valence-electron chi connectivity index (χ4n) is 2.14. The molecule has 5 heteroatoms. The Hall–Kier alpha value is -2.04. The summed E-state index contributed by atoms with van der Waals surface area (Å²) in [5, 5.41) is 2.91. The number of ether oxygens (including phenoxy) is 2. The lowest BCUT2D eigenvalue weighted by Gasteiger charge is -2.18. The van der Waals surface area contributed by atoms with Crippen molar-refractivity contribution in [3.63, 3.8) is 0 Å². The Kier molecular flexibility index (Phi) is 8.04. The number of amides is 1. The lowest BCUT2D eigenvalue weighted by Crippen LogP contribution is -2.30. The second kappa shape index (κ2) is 9.82. The van der Waals surface area contributed by atoms with Crippen LogP contribution in [0.4, 0.5) is 0 Å². The molecule has 122 valence electrons. The zero-order chi connectivity index (χ0) is 16.4. The molecule has 1 rings (SSSR count). The van der Waals surface area contributed by atoms with Gasteiger partial charge in [-0.1, -0.05) is 31.9 Å². The molecule has 1 aromatic carbocycles. The van der Waals surface area contributed by atoms with Gasteiger partial charge in [-0.05, 0) is 24.1 Å². The molecule has 1 amide bonds. The van der Waals surface area contributed by atoms with E-state index in [2.05, 4.69) is 12.2 Å². The molecule has 0 saturated carbocycles. The SMILES string of the molecule is CCCCCC(=O)NC(CC(=O)OC)c1ccc(OC)cc1. The fourth-order valence-corrected chi connectivity index (χ4v) is 2.14. The Morgan fingerprint density at radius 1 is 1.14 bits per heavy atom. The molecule has 0 fully saturated rings. The number of hydrogen-bond acceptors (Lipinski definition) is 4. The summed E-state index contributed by atoms with van der Waals surface area (Å²) in [6.45, 7) is 2.09. The van der Waals surface area contributed by atoms with Gasteiger partial charge in [0.1, 0.15) is 5.75 Å². The molecule has 0 aromatic heterocycles. The molecule has 1 N–H and O–H groups in total. The van der Waals surface area contributed by atoms with Crippen molar-refractivity contribution in [2.45, 2.75) is 45.1 Å². The Balaban J connectivity index is 2.73. The van der Waals surface area contributed by atoms with Crippen LogP contribution < -0.4 is 10.1 Å². The van der Waals surface area contributed by atoms with E-state index < -0.39 is 0 Å². The van der Waals surface area contributed by atoms with Crippen LogP contribution in [0.5, 0.6) is 5.75 Å². The van der Waals surface area contributed by atoms with E-state index in [1.54, 1.807) is 7.11 Å². The first-order chi connectivity index (χ1) is 10.6. The fraction of sp³-hybridized carbons (Fsp3) is 0.529. The Morgan fingerprint density at radius 2 is 1.82 bits per heavy atom. The van der Waals surface area contributed by atoms with E-state index in [-0.39, 0.29) is 24.3 Å². The average molecular weight is 307 g/mol. The smallest absolute Gasteiger partial charge is 0.307 e. The van der Waals surface area contributed by atoms with E-state index in [0.29, 0.717) is 6.42 Å². The molecule has 1 unspecified atom stereocenters. The van der Waals surface area contributed by atoms with Crippen molar-refractivity contribution in [2.24, 2.45) is 0 Å². The third-order valence-electron chi connectivity index (χ3n) is 3.46. The van der Waals surface area contributed by atoms with Crippen LogP contribution >= 0.6 is 0 Å². The number of carbonyl (C=O) groups is 2. The second-order valence-electron chi connectivity index (χ2n) is 5.13. The van der Waals surface area contributed by atoms with Crippen LogP contribution in [0.1, 0.15) is 50.6 Å². The van der Waals surface area contributed by atoms with Gasteiger partial charge in [0, 0.05) is 6.42 Å². The molecule has 1 atom stereocenters. The summed E-state index contributed by atoms with van der Waals surface area (Å²) in [4.78, 5) is 23.6. The van der Waals surface area contributed by atoms with Gasteiger partial charge in [-0.25, -0.2) is 0 Å². The first-order valence-electron chi connectivity index (χ1n) is 7.60. The van der Waals surface area contributed by atoms with Crippen molar-refractivity contribution in [3.8, 4) is 5.75 Å². The molecule has 0 aliphatic heterocycles. The highest BCUT2D eigenvalue weighted by Crippen LogP contribution is 2.21. The molecule has 0 saturated heterocycles. The van der Waals surface area contributed by atoms with Crippen molar-refractivity contribution in [3.05, 3.63) is 29.8 Å². The van der Waals surface area contributed by atoms with Gasteiger partial charge in [0.05, 0.1) is 26.7 Å². The molecule has 0 bridgehead atoms. The third-order valence-corrected chi connectivity index (χ3v) is 3.46. The normalized spacial score (nSPS) is 11.6. The van der Waals surface area contributed by atoms with Gasteiger partial charge in [0.15, 0.2) is 0 Å². The first-order valence-corrected chi connectivity index (χ1v) is 7.60. The van der Waals surface area contributed by atoms with Crippen LogP contribution in [0.15, 0.2) is 24.3 Å². The second-order valence-corrected chi connectivity index (χ2v) is 5.13. The summed E-state index contributed by atoms with van der Waals surface area (Å²) in [5.74, 6) is 0.336. The first kappa shape index (κ1) is 18.0. The maximum absolute atomic E-state index is 12.0. The lowest BCUT2D eigenvalue weighted by atomic mass is 10.0. The standard InChI is InChI=1S/C17H25NO4/c1-4-5-6-7-16(19)18-15(12-17(20)22-3)13-8-10-14(21-2)11-9-13/h8-11,15H,4-7,12H2,1-3H3,(H,18,19). The number of methoxy groups -OCH3 is 2. The van der Waals surface area contributed by atoms with Crippen LogP contribution in [0, 0.1) is 0 Å². The van der Waals surface area contributed by atoms with Crippen molar-refractivity contribution in [1.82, 2.24) is 5.32 Å². The summed E-state index contributed by atoms with van der Waals surface area (Å²) in [6, 6.07) is 6.93. The maximum Gasteiger partial charge on any atom is 0.307 e. The largest absolute Gasteiger partial charge is 0.497 e. The van der Waals surface area contributed by atoms with Gasteiger partial charge >= 0.3 is 5.97 Å². The van der Waals surface area contributed by atoms with Crippen molar-refractivity contribution in [2.75, 3.05) is 14.2 Å². The highest BCUT2D eigenvalue weighted by Gasteiger charge is 2.18. The molecule has 0 spiro atoms. The number of benzene rings is 1. The summed E-state index contributed by atoms with van der Waals surface area (Å²) in [7, 11) is 2.94. The predicted molar refractivity (Wildman–Crippen MR) is 84.7 cm³/mol. The minimum absolute atomic E-state index is 0.0434. The van der Waals surface area contributed by atoms with Gasteiger partial charge in [0.25, 0.3) is 0 Å². The summed E-state index contributed by atoms with van der Waals surface area (Å²) in [6.07, 6.45) is 3.54. The van der Waals surface area contributed by atoms with Gasteiger partial charge in [-0.2, -0.15) is 0 Å². The van der Waals surface area contributed by atoms with E-state index >= 15 is 0 Å². The number of hydrogen-bond donors (Lipinski definition) is 1. The van der Waals surface area contributed by atoms with Crippen LogP contribution in [-0.2, 0) is 14.3 Å². The predicted octanol–water partition coefficient (Wildman–Crippen LogP) is 3.00. The topological polar surface area (TPSA) is 64.6 Å². The number of rotatable bonds is 9. The van der Waals surface area contributed by atoms with Crippen LogP contribution in [-0.4, -0.2) is 26.1 Å². The van der Waals surface area contributed by atoms with Crippen molar-refractivity contribution < 1.29 is 19.1 Å². The lowest BCUT2D eigenvalue weighted by molar-refractivity contribution is -0.141. The summed E-state index contributed by atoms with van der Waals surface area (Å²) >= 11 is 0. The quantitative estimate of drug-likeness (QED) is 0.562. The number of carbonyl (C=O) groups excluding carboxylic acids is 2. The summed E-state index contributed by atoms with van der Waals surface area (Å²) in [5.41, 5.74) is 0.857. The van der Waals surface area contributed by atoms with Crippen molar-refractivity contribution in [1.29, 1.82) is 0 Å². The molecule has 0 heterocycles.